The summed E-state index contributed by atoms with van der Waals surface area (Å²) in [4.78, 5) is 0. The number of benzene rings is 2. The largest absolute Gasteiger partial charge is 0.376 e. The standard InChI is InChI=1S/C18H16F3N/c1-10-9-18(2,3)22-15-7-4-11(8-13(10)15)12-5-6-14(19)17(21)16(12)20/h4-9,22H,1-3H3. The number of halogens is 3. The number of fused-ring (bicyclic) bond motifs is 1. The van der Waals surface area contributed by atoms with Crippen molar-refractivity contribution in [3.05, 3.63) is 59.4 Å². The highest BCUT2D eigenvalue weighted by molar-refractivity contribution is 5.83. The first-order valence-corrected chi connectivity index (χ1v) is 7.04. The van der Waals surface area contributed by atoms with Crippen LogP contribution in [-0.2, 0) is 0 Å². The molecule has 2 aromatic rings. The van der Waals surface area contributed by atoms with Gasteiger partial charge in [-0.3, -0.25) is 0 Å². The molecule has 0 atom stereocenters. The maximum absolute atomic E-state index is 14.0. The van der Waals surface area contributed by atoms with E-state index in [2.05, 4.69) is 25.2 Å². The summed E-state index contributed by atoms with van der Waals surface area (Å²) in [6.07, 6.45) is 2.08. The lowest BCUT2D eigenvalue weighted by Crippen LogP contribution is -2.31. The maximum Gasteiger partial charge on any atom is 0.195 e. The quantitative estimate of drug-likeness (QED) is 0.698. The lowest BCUT2D eigenvalue weighted by atomic mass is 9.89. The molecule has 1 aliphatic heterocycles. The highest BCUT2D eigenvalue weighted by Crippen LogP contribution is 2.37. The summed E-state index contributed by atoms with van der Waals surface area (Å²) < 4.78 is 40.4. The van der Waals surface area contributed by atoms with Crippen molar-refractivity contribution in [2.24, 2.45) is 0 Å². The molecule has 1 heterocycles. The Balaban J connectivity index is 2.13. The van der Waals surface area contributed by atoms with Crippen LogP contribution in [0.4, 0.5) is 18.9 Å². The zero-order valence-electron chi connectivity index (χ0n) is 12.6. The predicted octanol–water partition coefficient (Wildman–Crippen LogP) is 5.38. The average molecular weight is 303 g/mol. The Labute approximate surface area is 127 Å². The summed E-state index contributed by atoms with van der Waals surface area (Å²) >= 11 is 0. The van der Waals surface area contributed by atoms with Crippen LogP contribution in [0.15, 0.2) is 36.4 Å². The molecule has 4 heteroatoms. The van der Waals surface area contributed by atoms with Gasteiger partial charge in [0.2, 0.25) is 0 Å². The normalized spacial score (nSPS) is 15.8. The van der Waals surface area contributed by atoms with Gasteiger partial charge in [0.05, 0.1) is 5.54 Å². The van der Waals surface area contributed by atoms with Gasteiger partial charge >= 0.3 is 0 Å². The molecule has 0 saturated carbocycles. The minimum absolute atomic E-state index is 0.0549. The van der Waals surface area contributed by atoms with Crippen molar-refractivity contribution in [1.29, 1.82) is 0 Å². The van der Waals surface area contributed by atoms with E-state index in [4.69, 9.17) is 0 Å². The zero-order valence-corrected chi connectivity index (χ0v) is 12.6. The van der Waals surface area contributed by atoms with Gasteiger partial charge in [0, 0.05) is 16.8 Å². The molecule has 0 spiro atoms. The van der Waals surface area contributed by atoms with Gasteiger partial charge in [0.1, 0.15) is 0 Å². The first-order valence-electron chi connectivity index (χ1n) is 7.04. The second kappa shape index (κ2) is 4.90. The third-order valence-electron chi connectivity index (χ3n) is 3.82. The van der Waals surface area contributed by atoms with Crippen molar-refractivity contribution < 1.29 is 13.2 Å². The van der Waals surface area contributed by atoms with Crippen LogP contribution in [0.25, 0.3) is 16.7 Å². The zero-order chi connectivity index (χ0) is 16.1. The molecule has 1 N–H and O–H groups in total. The number of rotatable bonds is 1. The van der Waals surface area contributed by atoms with Gasteiger partial charge in [0.25, 0.3) is 0 Å². The van der Waals surface area contributed by atoms with E-state index in [-0.39, 0.29) is 11.1 Å². The van der Waals surface area contributed by atoms with Crippen LogP contribution in [-0.4, -0.2) is 5.54 Å². The fourth-order valence-electron chi connectivity index (χ4n) is 2.90. The number of hydrogen-bond donors (Lipinski definition) is 1. The van der Waals surface area contributed by atoms with E-state index >= 15 is 0 Å². The molecule has 0 bridgehead atoms. The van der Waals surface area contributed by atoms with Gasteiger partial charge in [-0.25, -0.2) is 13.2 Å². The van der Waals surface area contributed by atoms with Crippen LogP contribution in [0, 0.1) is 17.5 Å². The molecule has 1 nitrogen and oxygen atoms in total. The minimum atomic E-state index is -1.44. The van der Waals surface area contributed by atoms with Crippen molar-refractivity contribution in [1.82, 2.24) is 0 Å². The topological polar surface area (TPSA) is 12.0 Å². The minimum Gasteiger partial charge on any atom is -0.376 e. The summed E-state index contributed by atoms with van der Waals surface area (Å²) in [5.41, 5.74) is 3.34. The first kappa shape index (κ1) is 14.7. The summed E-state index contributed by atoms with van der Waals surface area (Å²) in [5.74, 6) is -3.79. The molecule has 22 heavy (non-hydrogen) atoms. The lowest BCUT2D eigenvalue weighted by Gasteiger charge is -2.31. The fourth-order valence-corrected chi connectivity index (χ4v) is 2.90. The summed E-state index contributed by atoms with van der Waals surface area (Å²) in [5, 5.41) is 3.38. The van der Waals surface area contributed by atoms with E-state index < -0.39 is 17.5 Å². The van der Waals surface area contributed by atoms with E-state index in [0.29, 0.717) is 5.56 Å². The number of allylic oxidation sites excluding steroid dienone is 1. The van der Waals surface area contributed by atoms with E-state index in [0.717, 1.165) is 22.9 Å². The van der Waals surface area contributed by atoms with Crippen molar-refractivity contribution >= 4 is 11.3 Å². The lowest BCUT2D eigenvalue weighted by molar-refractivity contribution is 0.449. The van der Waals surface area contributed by atoms with Crippen LogP contribution in [0.5, 0.6) is 0 Å². The smallest absolute Gasteiger partial charge is 0.195 e. The Morgan fingerprint density at radius 1 is 0.909 bits per heavy atom. The monoisotopic (exact) mass is 303 g/mol. The van der Waals surface area contributed by atoms with Gasteiger partial charge in [-0.05, 0) is 56.2 Å². The van der Waals surface area contributed by atoms with Crippen LogP contribution >= 0.6 is 0 Å². The summed E-state index contributed by atoms with van der Waals surface area (Å²) in [7, 11) is 0. The molecule has 0 aromatic heterocycles. The molecule has 3 rings (SSSR count). The van der Waals surface area contributed by atoms with Gasteiger partial charge in [0.15, 0.2) is 17.5 Å². The Morgan fingerprint density at radius 3 is 2.36 bits per heavy atom. The van der Waals surface area contributed by atoms with Gasteiger partial charge in [-0.1, -0.05) is 12.1 Å². The second-order valence-electron chi connectivity index (χ2n) is 6.16. The van der Waals surface area contributed by atoms with Crippen LogP contribution in [0.3, 0.4) is 0 Å². The van der Waals surface area contributed by atoms with Crippen molar-refractivity contribution in [2.45, 2.75) is 26.3 Å². The molecule has 0 unspecified atom stereocenters. The molecule has 1 aliphatic rings. The molecule has 0 aliphatic carbocycles. The van der Waals surface area contributed by atoms with Crippen LogP contribution in [0.2, 0.25) is 0 Å². The molecule has 0 saturated heterocycles. The van der Waals surface area contributed by atoms with Gasteiger partial charge in [-0.2, -0.15) is 0 Å². The highest BCUT2D eigenvalue weighted by Gasteiger charge is 2.23. The van der Waals surface area contributed by atoms with Gasteiger partial charge in [-0.15, -0.1) is 0 Å². The second-order valence-corrected chi connectivity index (χ2v) is 6.16. The number of nitrogens with one attached hydrogen (secondary N) is 1. The van der Waals surface area contributed by atoms with Crippen molar-refractivity contribution in [3.63, 3.8) is 0 Å². The van der Waals surface area contributed by atoms with Crippen LogP contribution in [0.1, 0.15) is 26.3 Å². The highest BCUT2D eigenvalue weighted by atomic mass is 19.2. The predicted molar refractivity (Wildman–Crippen MR) is 83.1 cm³/mol. The Morgan fingerprint density at radius 2 is 1.64 bits per heavy atom. The van der Waals surface area contributed by atoms with Crippen molar-refractivity contribution in [2.75, 3.05) is 5.32 Å². The molecule has 0 fully saturated rings. The molecule has 114 valence electrons. The fraction of sp³-hybridized carbons (Fsp3) is 0.222. The molecule has 2 aromatic carbocycles. The van der Waals surface area contributed by atoms with Crippen LogP contribution < -0.4 is 5.32 Å². The molecule has 0 radical (unpaired) electrons. The Hall–Kier alpha value is -2.23. The van der Waals surface area contributed by atoms with E-state index in [1.165, 1.54) is 6.07 Å². The van der Waals surface area contributed by atoms with E-state index in [9.17, 15) is 13.2 Å². The Bertz CT molecular complexity index is 791. The summed E-state index contributed by atoms with van der Waals surface area (Å²) in [6.45, 7) is 6.09. The van der Waals surface area contributed by atoms with Crippen molar-refractivity contribution in [3.8, 4) is 11.1 Å². The van der Waals surface area contributed by atoms with E-state index in [1.54, 1.807) is 12.1 Å². The number of anilines is 1. The summed E-state index contributed by atoms with van der Waals surface area (Å²) in [6, 6.07) is 7.53. The first-order chi connectivity index (χ1) is 10.3. The average Bonchev–Trinajstić information content (AvgIpc) is 2.44. The molecular formula is C18H16F3N. The SMILES string of the molecule is CC1=CC(C)(C)Nc2ccc(-c3ccc(F)c(F)c3F)cc21. The Kier molecular flexibility index (Phi) is 3.28. The molecular weight excluding hydrogens is 287 g/mol. The third kappa shape index (κ3) is 2.39. The third-order valence-corrected chi connectivity index (χ3v) is 3.82. The maximum atomic E-state index is 14.0. The molecule has 0 amide bonds. The van der Waals surface area contributed by atoms with Gasteiger partial charge < -0.3 is 5.32 Å². The van der Waals surface area contributed by atoms with E-state index in [1.807, 2.05) is 13.0 Å². The number of hydrogen-bond acceptors (Lipinski definition) is 1.